The molecule has 0 atom stereocenters. The molecular formula is C12H18N4S. The highest BCUT2D eigenvalue weighted by atomic mass is 32.1. The molecule has 0 amide bonds. The van der Waals surface area contributed by atoms with Crippen LogP contribution in [0.4, 0.5) is 5.95 Å². The van der Waals surface area contributed by atoms with Gasteiger partial charge in [0, 0.05) is 24.3 Å². The molecule has 0 aliphatic heterocycles. The maximum absolute atomic E-state index is 4.42. The van der Waals surface area contributed by atoms with Crippen LogP contribution in [-0.2, 0) is 13.1 Å². The third-order valence-corrected chi connectivity index (χ3v) is 3.19. The highest BCUT2D eigenvalue weighted by molar-refractivity contribution is 7.09. The zero-order chi connectivity index (χ0) is 12.3. The van der Waals surface area contributed by atoms with E-state index in [9.17, 15) is 0 Å². The van der Waals surface area contributed by atoms with Crippen LogP contribution in [0.3, 0.4) is 0 Å². The Labute approximate surface area is 106 Å². The van der Waals surface area contributed by atoms with Crippen molar-refractivity contribution in [2.45, 2.75) is 33.9 Å². The van der Waals surface area contributed by atoms with E-state index in [0.29, 0.717) is 5.92 Å². The summed E-state index contributed by atoms with van der Waals surface area (Å²) in [5, 5.41) is 6.51. The molecule has 92 valence electrons. The normalized spacial score (nSPS) is 11.1. The lowest BCUT2D eigenvalue weighted by Crippen LogP contribution is -2.10. The van der Waals surface area contributed by atoms with Gasteiger partial charge in [0.25, 0.3) is 0 Å². The smallest absolute Gasteiger partial charge is 0.203 e. The van der Waals surface area contributed by atoms with Gasteiger partial charge in [-0.1, -0.05) is 13.8 Å². The van der Waals surface area contributed by atoms with Crippen molar-refractivity contribution in [3.05, 3.63) is 28.5 Å². The highest BCUT2D eigenvalue weighted by Gasteiger charge is 2.05. The maximum Gasteiger partial charge on any atom is 0.203 e. The fraction of sp³-hybridized carbons (Fsp3) is 0.500. The molecule has 0 radical (unpaired) electrons. The minimum atomic E-state index is 0.617. The van der Waals surface area contributed by atoms with Crippen LogP contribution in [-0.4, -0.2) is 14.5 Å². The van der Waals surface area contributed by atoms with Gasteiger partial charge in [-0.05, 0) is 12.8 Å². The summed E-state index contributed by atoms with van der Waals surface area (Å²) in [4.78, 5) is 8.74. The second-order valence-electron chi connectivity index (χ2n) is 4.51. The lowest BCUT2D eigenvalue weighted by Gasteiger charge is -2.10. The molecule has 0 aliphatic carbocycles. The quantitative estimate of drug-likeness (QED) is 0.887. The van der Waals surface area contributed by atoms with Crippen LogP contribution >= 0.6 is 11.3 Å². The van der Waals surface area contributed by atoms with Gasteiger partial charge in [-0.2, -0.15) is 0 Å². The van der Waals surface area contributed by atoms with E-state index in [1.807, 2.05) is 19.3 Å². The number of rotatable bonds is 5. The summed E-state index contributed by atoms with van der Waals surface area (Å²) in [6, 6.07) is 0. The van der Waals surface area contributed by atoms with Crippen molar-refractivity contribution in [3.63, 3.8) is 0 Å². The first kappa shape index (κ1) is 12.1. The third kappa shape index (κ3) is 3.30. The van der Waals surface area contributed by atoms with E-state index in [2.05, 4.69) is 39.1 Å². The van der Waals surface area contributed by atoms with Gasteiger partial charge in [0.05, 0.1) is 17.2 Å². The highest BCUT2D eigenvalue weighted by Crippen LogP contribution is 2.12. The van der Waals surface area contributed by atoms with Crippen LogP contribution in [0.5, 0.6) is 0 Å². The topological polar surface area (TPSA) is 42.7 Å². The Bertz CT molecular complexity index is 472. The molecular weight excluding hydrogens is 232 g/mol. The first-order valence-corrected chi connectivity index (χ1v) is 6.69. The molecule has 0 aromatic carbocycles. The molecule has 0 saturated carbocycles. The molecule has 0 bridgehead atoms. The van der Waals surface area contributed by atoms with Gasteiger partial charge in [-0.25, -0.2) is 9.97 Å². The van der Waals surface area contributed by atoms with E-state index >= 15 is 0 Å². The Balaban J connectivity index is 1.97. The minimum absolute atomic E-state index is 0.617. The number of hydrogen-bond donors (Lipinski definition) is 1. The molecule has 0 saturated heterocycles. The molecule has 2 aromatic heterocycles. The molecule has 2 rings (SSSR count). The van der Waals surface area contributed by atoms with Crippen LogP contribution < -0.4 is 5.32 Å². The van der Waals surface area contributed by atoms with Gasteiger partial charge in [0.1, 0.15) is 0 Å². The van der Waals surface area contributed by atoms with E-state index in [1.165, 1.54) is 0 Å². The molecule has 0 spiro atoms. The fourth-order valence-electron chi connectivity index (χ4n) is 1.68. The molecule has 5 heteroatoms. The summed E-state index contributed by atoms with van der Waals surface area (Å²) in [7, 11) is 0. The van der Waals surface area contributed by atoms with Crippen molar-refractivity contribution in [2.24, 2.45) is 5.92 Å². The number of nitrogens with zero attached hydrogens (tertiary/aromatic N) is 3. The third-order valence-electron chi connectivity index (χ3n) is 2.37. The van der Waals surface area contributed by atoms with Crippen LogP contribution in [0.15, 0.2) is 17.8 Å². The Hall–Kier alpha value is -1.36. The summed E-state index contributed by atoms with van der Waals surface area (Å²) >= 11 is 1.68. The van der Waals surface area contributed by atoms with Gasteiger partial charge in [0.2, 0.25) is 5.95 Å². The Morgan fingerprint density at radius 1 is 1.47 bits per heavy atom. The molecule has 2 aromatic rings. The lowest BCUT2D eigenvalue weighted by atomic mass is 10.2. The number of thiazole rings is 1. The average Bonchev–Trinajstić information content (AvgIpc) is 2.84. The van der Waals surface area contributed by atoms with E-state index in [-0.39, 0.29) is 0 Å². The number of imidazole rings is 1. The SMILES string of the molecule is Cc1nc(CNc2nccn2CC(C)C)cs1. The molecule has 0 unspecified atom stereocenters. The van der Waals surface area contributed by atoms with Crippen molar-refractivity contribution in [1.82, 2.24) is 14.5 Å². The maximum atomic E-state index is 4.42. The Morgan fingerprint density at radius 3 is 2.94 bits per heavy atom. The number of aryl methyl sites for hydroxylation is 1. The zero-order valence-corrected chi connectivity index (χ0v) is 11.3. The monoisotopic (exact) mass is 250 g/mol. The predicted molar refractivity (Wildman–Crippen MR) is 71.2 cm³/mol. The minimum Gasteiger partial charge on any atom is -0.350 e. The molecule has 0 aliphatic rings. The standard InChI is InChI=1S/C12H18N4S/c1-9(2)7-16-5-4-13-12(16)14-6-11-8-17-10(3)15-11/h4-5,8-9H,6-7H2,1-3H3,(H,13,14). The summed E-state index contributed by atoms with van der Waals surface area (Å²) in [6.45, 7) is 8.15. The van der Waals surface area contributed by atoms with Crippen LogP contribution in [0.1, 0.15) is 24.5 Å². The summed E-state index contributed by atoms with van der Waals surface area (Å²) in [5.41, 5.74) is 1.08. The van der Waals surface area contributed by atoms with Gasteiger partial charge in [-0.15, -0.1) is 11.3 Å². The number of hydrogen-bond acceptors (Lipinski definition) is 4. The van der Waals surface area contributed by atoms with Crippen molar-refractivity contribution in [3.8, 4) is 0 Å². The molecule has 0 fully saturated rings. The van der Waals surface area contributed by atoms with Gasteiger partial charge in [-0.3, -0.25) is 0 Å². The molecule has 2 heterocycles. The van der Waals surface area contributed by atoms with E-state index < -0.39 is 0 Å². The second-order valence-corrected chi connectivity index (χ2v) is 5.57. The van der Waals surface area contributed by atoms with Gasteiger partial charge >= 0.3 is 0 Å². The summed E-state index contributed by atoms with van der Waals surface area (Å²) in [5.74, 6) is 1.54. The van der Waals surface area contributed by atoms with Crippen molar-refractivity contribution < 1.29 is 0 Å². The number of anilines is 1. The van der Waals surface area contributed by atoms with E-state index in [4.69, 9.17) is 0 Å². The first-order chi connectivity index (χ1) is 8.15. The van der Waals surface area contributed by atoms with Crippen molar-refractivity contribution in [2.75, 3.05) is 5.32 Å². The molecule has 4 nitrogen and oxygen atoms in total. The fourth-order valence-corrected chi connectivity index (χ4v) is 2.29. The van der Waals surface area contributed by atoms with Gasteiger partial charge in [0.15, 0.2) is 0 Å². The van der Waals surface area contributed by atoms with Crippen LogP contribution in [0.25, 0.3) is 0 Å². The van der Waals surface area contributed by atoms with Crippen molar-refractivity contribution >= 4 is 17.3 Å². The number of aromatic nitrogens is 3. The Morgan fingerprint density at radius 2 is 2.29 bits per heavy atom. The van der Waals surface area contributed by atoms with Crippen LogP contribution in [0.2, 0.25) is 0 Å². The predicted octanol–water partition coefficient (Wildman–Crippen LogP) is 2.92. The van der Waals surface area contributed by atoms with Gasteiger partial charge < -0.3 is 9.88 Å². The first-order valence-electron chi connectivity index (χ1n) is 5.81. The Kier molecular flexibility index (Phi) is 3.78. The summed E-state index contributed by atoms with van der Waals surface area (Å²) < 4.78 is 2.14. The zero-order valence-electron chi connectivity index (χ0n) is 10.5. The van der Waals surface area contributed by atoms with E-state index in [1.54, 1.807) is 11.3 Å². The van der Waals surface area contributed by atoms with Crippen LogP contribution in [0, 0.1) is 12.8 Å². The lowest BCUT2D eigenvalue weighted by molar-refractivity contribution is 0.526. The van der Waals surface area contributed by atoms with E-state index in [0.717, 1.165) is 29.7 Å². The average molecular weight is 250 g/mol. The number of nitrogens with one attached hydrogen (secondary N) is 1. The molecule has 17 heavy (non-hydrogen) atoms. The molecule has 1 N–H and O–H groups in total. The second kappa shape index (κ2) is 5.31. The largest absolute Gasteiger partial charge is 0.350 e. The van der Waals surface area contributed by atoms with Crippen molar-refractivity contribution in [1.29, 1.82) is 0 Å². The summed E-state index contributed by atoms with van der Waals surface area (Å²) in [6.07, 6.45) is 3.84.